The maximum Gasteiger partial charge on any atom is 0.307 e. The van der Waals surface area contributed by atoms with Crippen LogP contribution in [0, 0.1) is 12.7 Å². The van der Waals surface area contributed by atoms with Crippen LogP contribution in [0.1, 0.15) is 35.0 Å². The van der Waals surface area contributed by atoms with Gasteiger partial charge in [0.25, 0.3) is 5.91 Å². The van der Waals surface area contributed by atoms with Crippen LogP contribution in [0.3, 0.4) is 0 Å². The highest BCUT2D eigenvalue weighted by molar-refractivity contribution is 6.33. The Labute approximate surface area is 149 Å². The van der Waals surface area contributed by atoms with Crippen molar-refractivity contribution in [2.24, 2.45) is 0 Å². The molecule has 2 aromatic rings. The number of aryl methyl sites for hydroxylation is 1. The first-order valence-corrected chi connectivity index (χ1v) is 8.04. The Morgan fingerprint density at radius 2 is 2.00 bits per heavy atom. The summed E-state index contributed by atoms with van der Waals surface area (Å²) < 4.78 is 19.0. The summed E-state index contributed by atoms with van der Waals surface area (Å²) in [6.45, 7) is 3.68. The van der Waals surface area contributed by atoms with Gasteiger partial charge in [-0.15, -0.1) is 0 Å². The average molecular weight is 368 g/mol. The van der Waals surface area contributed by atoms with Crippen LogP contribution in [0.15, 0.2) is 24.3 Å². The Hall–Kier alpha value is -2.41. The first kappa shape index (κ1) is 18.9. The Morgan fingerprint density at radius 1 is 1.36 bits per heavy atom. The zero-order valence-electron chi connectivity index (χ0n) is 14.2. The third kappa shape index (κ3) is 4.79. The zero-order chi connectivity index (χ0) is 18.6. The van der Waals surface area contributed by atoms with E-state index in [0.29, 0.717) is 12.2 Å². The van der Waals surface area contributed by atoms with Gasteiger partial charge in [0.1, 0.15) is 11.0 Å². The molecule has 134 valence electrons. The molecule has 0 aliphatic heterocycles. The number of aromatic nitrogens is 2. The van der Waals surface area contributed by atoms with E-state index in [1.165, 1.54) is 23.9 Å². The van der Waals surface area contributed by atoms with Crippen molar-refractivity contribution in [3.05, 3.63) is 52.1 Å². The molecule has 0 saturated carbocycles. The summed E-state index contributed by atoms with van der Waals surface area (Å²) in [5, 5.41) is 7.16. The molecule has 1 unspecified atom stereocenters. The summed E-state index contributed by atoms with van der Waals surface area (Å²) in [6.07, 6.45) is 0.0582. The molecule has 1 aromatic heterocycles. The number of nitrogens with zero attached hydrogens (tertiary/aromatic N) is 2. The fraction of sp³-hybridized carbons (Fsp3) is 0.353. The van der Waals surface area contributed by atoms with E-state index in [4.69, 9.17) is 11.6 Å². The Kier molecular flexibility index (Phi) is 6.14. The van der Waals surface area contributed by atoms with Crippen LogP contribution in [0.25, 0.3) is 0 Å². The van der Waals surface area contributed by atoms with Crippen LogP contribution >= 0.6 is 11.6 Å². The van der Waals surface area contributed by atoms with Crippen molar-refractivity contribution in [2.75, 3.05) is 7.11 Å². The highest BCUT2D eigenvalue weighted by Crippen LogP contribution is 2.21. The van der Waals surface area contributed by atoms with Crippen molar-refractivity contribution in [3.63, 3.8) is 0 Å². The van der Waals surface area contributed by atoms with Crippen molar-refractivity contribution >= 4 is 23.5 Å². The molecular formula is C17H19ClFN3O3. The summed E-state index contributed by atoms with van der Waals surface area (Å²) in [6, 6.07) is 5.54. The molecule has 0 aliphatic carbocycles. The number of carbonyl (C=O) groups is 2. The number of rotatable bonds is 6. The summed E-state index contributed by atoms with van der Waals surface area (Å²) in [4.78, 5) is 23.7. The second-order valence-corrected chi connectivity index (χ2v) is 6.05. The predicted octanol–water partition coefficient (Wildman–Crippen LogP) is 2.71. The van der Waals surface area contributed by atoms with Gasteiger partial charge >= 0.3 is 5.97 Å². The van der Waals surface area contributed by atoms with Gasteiger partial charge in [0.05, 0.1) is 31.3 Å². The van der Waals surface area contributed by atoms with Crippen molar-refractivity contribution in [1.29, 1.82) is 0 Å². The van der Waals surface area contributed by atoms with Gasteiger partial charge in [-0.3, -0.25) is 9.59 Å². The SMILES string of the molecule is COC(=O)CC(C)NC(=O)c1c(C)nn(Cc2ccc(F)cc2)c1Cl. The van der Waals surface area contributed by atoms with Crippen molar-refractivity contribution in [3.8, 4) is 0 Å². The van der Waals surface area contributed by atoms with Gasteiger partial charge in [-0.25, -0.2) is 9.07 Å². The van der Waals surface area contributed by atoms with Gasteiger partial charge in [-0.1, -0.05) is 23.7 Å². The fourth-order valence-corrected chi connectivity index (χ4v) is 2.68. The number of ether oxygens (including phenoxy) is 1. The lowest BCUT2D eigenvalue weighted by Crippen LogP contribution is -2.34. The molecule has 1 N–H and O–H groups in total. The minimum absolute atomic E-state index is 0.0582. The van der Waals surface area contributed by atoms with E-state index in [1.807, 2.05) is 0 Å². The van der Waals surface area contributed by atoms with Crippen LogP contribution in [0.2, 0.25) is 5.15 Å². The maximum atomic E-state index is 13.0. The number of halogens is 2. The van der Waals surface area contributed by atoms with E-state index < -0.39 is 17.9 Å². The van der Waals surface area contributed by atoms with Crippen LogP contribution in [0.5, 0.6) is 0 Å². The van der Waals surface area contributed by atoms with Crippen LogP contribution < -0.4 is 5.32 Å². The highest BCUT2D eigenvalue weighted by Gasteiger charge is 2.22. The second kappa shape index (κ2) is 8.11. The number of methoxy groups -OCH3 is 1. The zero-order valence-corrected chi connectivity index (χ0v) is 14.9. The van der Waals surface area contributed by atoms with Crippen molar-refractivity contribution < 1.29 is 18.7 Å². The number of benzene rings is 1. The second-order valence-electron chi connectivity index (χ2n) is 5.69. The monoisotopic (exact) mass is 367 g/mol. The smallest absolute Gasteiger partial charge is 0.307 e. The number of esters is 1. The number of nitrogens with one attached hydrogen (secondary N) is 1. The molecule has 25 heavy (non-hydrogen) atoms. The maximum absolute atomic E-state index is 13.0. The first-order chi connectivity index (χ1) is 11.8. The molecule has 1 atom stereocenters. The number of hydrogen-bond acceptors (Lipinski definition) is 4. The molecule has 0 spiro atoms. The molecule has 0 aliphatic rings. The lowest BCUT2D eigenvalue weighted by molar-refractivity contribution is -0.141. The molecule has 1 amide bonds. The standard InChI is InChI=1S/C17H19ClFN3O3/c1-10(8-14(23)25-3)20-17(24)15-11(2)21-22(16(15)18)9-12-4-6-13(19)7-5-12/h4-7,10H,8-9H2,1-3H3,(H,20,24). The average Bonchev–Trinajstić information content (AvgIpc) is 2.83. The summed E-state index contributed by atoms with van der Waals surface area (Å²) in [7, 11) is 1.29. The normalized spacial score (nSPS) is 11.9. The molecule has 1 aromatic carbocycles. The molecule has 0 radical (unpaired) electrons. The van der Waals surface area contributed by atoms with E-state index in [2.05, 4.69) is 15.2 Å². The van der Waals surface area contributed by atoms with Gasteiger partial charge in [-0.05, 0) is 31.5 Å². The molecule has 0 saturated heterocycles. The Balaban J connectivity index is 2.13. The number of amides is 1. The predicted molar refractivity (Wildman–Crippen MR) is 91.0 cm³/mol. The summed E-state index contributed by atoms with van der Waals surface area (Å²) in [5.74, 6) is -1.15. The molecule has 2 rings (SSSR count). The van der Waals surface area contributed by atoms with Crippen LogP contribution in [-0.4, -0.2) is 34.8 Å². The van der Waals surface area contributed by atoms with E-state index in [9.17, 15) is 14.0 Å². The quantitative estimate of drug-likeness (QED) is 0.797. The van der Waals surface area contributed by atoms with Crippen LogP contribution in [0.4, 0.5) is 4.39 Å². The molecule has 1 heterocycles. The van der Waals surface area contributed by atoms with Crippen molar-refractivity contribution in [2.45, 2.75) is 32.9 Å². The third-order valence-electron chi connectivity index (χ3n) is 3.62. The molecular weight excluding hydrogens is 349 g/mol. The number of hydrogen-bond donors (Lipinski definition) is 1. The van der Waals surface area contributed by atoms with E-state index in [1.54, 1.807) is 26.0 Å². The van der Waals surface area contributed by atoms with E-state index >= 15 is 0 Å². The van der Waals surface area contributed by atoms with Crippen LogP contribution in [-0.2, 0) is 16.1 Å². The molecule has 0 fully saturated rings. The third-order valence-corrected chi connectivity index (χ3v) is 4.00. The Morgan fingerprint density at radius 3 is 2.60 bits per heavy atom. The molecule has 8 heteroatoms. The summed E-state index contributed by atoms with van der Waals surface area (Å²) in [5.41, 5.74) is 1.52. The van der Waals surface area contributed by atoms with Crippen molar-refractivity contribution in [1.82, 2.24) is 15.1 Å². The van der Waals surface area contributed by atoms with Gasteiger partial charge in [0.2, 0.25) is 0 Å². The van der Waals surface area contributed by atoms with Gasteiger partial charge < -0.3 is 10.1 Å². The van der Waals surface area contributed by atoms with Gasteiger partial charge in [0.15, 0.2) is 0 Å². The lowest BCUT2D eigenvalue weighted by atomic mass is 10.2. The summed E-state index contributed by atoms with van der Waals surface area (Å²) >= 11 is 6.30. The van der Waals surface area contributed by atoms with Gasteiger partial charge in [0, 0.05) is 6.04 Å². The largest absolute Gasteiger partial charge is 0.469 e. The van der Waals surface area contributed by atoms with Gasteiger partial charge in [-0.2, -0.15) is 5.10 Å². The molecule has 0 bridgehead atoms. The first-order valence-electron chi connectivity index (χ1n) is 7.66. The fourth-order valence-electron chi connectivity index (χ4n) is 2.36. The Bertz CT molecular complexity index is 774. The van der Waals surface area contributed by atoms with E-state index in [0.717, 1.165) is 5.56 Å². The minimum atomic E-state index is -0.414. The molecule has 6 nitrogen and oxygen atoms in total. The number of carbonyl (C=O) groups excluding carboxylic acids is 2. The highest BCUT2D eigenvalue weighted by atomic mass is 35.5. The minimum Gasteiger partial charge on any atom is -0.469 e. The lowest BCUT2D eigenvalue weighted by Gasteiger charge is -2.12. The van der Waals surface area contributed by atoms with E-state index in [-0.39, 0.29) is 23.0 Å². The topological polar surface area (TPSA) is 73.2 Å².